The van der Waals surface area contributed by atoms with Crippen molar-refractivity contribution in [1.29, 1.82) is 0 Å². The van der Waals surface area contributed by atoms with Gasteiger partial charge in [-0.1, -0.05) is 6.07 Å². The van der Waals surface area contributed by atoms with E-state index < -0.39 is 5.97 Å². The number of carbonyl (C=O) groups excluding carboxylic acids is 1. The summed E-state index contributed by atoms with van der Waals surface area (Å²) in [7, 11) is 1.62. The Bertz CT molecular complexity index is 461. The van der Waals surface area contributed by atoms with Gasteiger partial charge in [-0.15, -0.1) is 0 Å². The number of hydrogen-bond donors (Lipinski definition) is 2. The topological polar surface area (TPSA) is 84.9 Å². The highest BCUT2D eigenvalue weighted by molar-refractivity contribution is 5.97. The maximum absolute atomic E-state index is 11.8. The Balaban J connectivity index is 2.22. The number of hydrogen-bond acceptors (Lipinski definition) is 4. The van der Waals surface area contributed by atoms with Gasteiger partial charge in [0.15, 0.2) is 0 Å². The molecule has 0 spiro atoms. The van der Waals surface area contributed by atoms with Crippen LogP contribution in [0, 0.1) is 0 Å². The Kier molecular flexibility index (Phi) is 8.08. The van der Waals surface area contributed by atoms with Crippen molar-refractivity contribution in [1.82, 2.24) is 5.32 Å². The first-order chi connectivity index (χ1) is 10.1. The number of methoxy groups -OCH3 is 1. The molecule has 1 rings (SSSR count). The van der Waals surface area contributed by atoms with Gasteiger partial charge in [0.2, 0.25) is 0 Å². The first-order valence-electron chi connectivity index (χ1n) is 6.83. The van der Waals surface area contributed by atoms with Gasteiger partial charge in [-0.05, 0) is 31.0 Å². The molecular weight excluding hydrogens is 274 g/mol. The fourth-order valence-corrected chi connectivity index (χ4v) is 1.67. The average molecular weight is 295 g/mol. The molecule has 6 heteroatoms. The van der Waals surface area contributed by atoms with Crippen LogP contribution in [0.2, 0.25) is 0 Å². The van der Waals surface area contributed by atoms with Crippen LogP contribution in [0.15, 0.2) is 24.3 Å². The van der Waals surface area contributed by atoms with Crippen molar-refractivity contribution in [2.24, 2.45) is 0 Å². The number of amides is 1. The van der Waals surface area contributed by atoms with Crippen LogP contribution >= 0.6 is 0 Å². The number of ether oxygens (including phenoxy) is 2. The van der Waals surface area contributed by atoms with Crippen molar-refractivity contribution in [3.8, 4) is 0 Å². The molecule has 0 fully saturated rings. The molecule has 1 aromatic rings. The van der Waals surface area contributed by atoms with Crippen molar-refractivity contribution in [3.05, 3.63) is 35.4 Å². The molecule has 2 N–H and O–H groups in total. The third-order valence-electron chi connectivity index (χ3n) is 2.80. The lowest BCUT2D eigenvalue weighted by atomic mass is 10.1. The third kappa shape index (κ3) is 6.87. The van der Waals surface area contributed by atoms with E-state index in [-0.39, 0.29) is 11.5 Å². The van der Waals surface area contributed by atoms with Crippen molar-refractivity contribution in [2.45, 2.75) is 12.8 Å². The zero-order valence-corrected chi connectivity index (χ0v) is 12.1. The van der Waals surface area contributed by atoms with E-state index in [1.165, 1.54) is 12.1 Å². The summed E-state index contributed by atoms with van der Waals surface area (Å²) in [5.74, 6) is -1.31. The highest BCUT2D eigenvalue weighted by atomic mass is 16.5. The third-order valence-corrected chi connectivity index (χ3v) is 2.80. The maximum Gasteiger partial charge on any atom is 0.335 e. The van der Waals surface area contributed by atoms with Crippen molar-refractivity contribution >= 4 is 11.9 Å². The minimum atomic E-state index is -1.04. The molecule has 0 radical (unpaired) electrons. The molecule has 0 aliphatic rings. The summed E-state index contributed by atoms with van der Waals surface area (Å²) in [5.41, 5.74) is 0.459. The van der Waals surface area contributed by atoms with Crippen LogP contribution in [-0.2, 0) is 9.47 Å². The summed E-state index contributed by atoms with van der Waals surface area (Å²) in [6.45, 7) is 2.32. The standard InChI is InChI=1S/C15H21NO5/c1-20-9-10-21-8-3-2-7-16-14(17)12-5-4-6-13(11-12)15(18)19/h4-6,11H,2-3,7-10H2,1H3,(H,16,17)(H,18,19). The first kappa shape index (κ1) is 17.1. The lowest BCUT2D eigenvalue weighted by molar-refractivity contribution is 0.0686. The summed E-state index contributed by atoms with van der Waals surface area (Å²) in [6.07, 6.45) is 1.65. The fourth-order valence-electron chi connectivity index (χ4n) is 1.67. The average Bonchev–Trinajstić information content (AvgIpc) is 2.49. The van der Waals surface area contributed by atoms with Crippen LogP contribution in [0.3, 0.4) is 0 Å². The van der Waals surface area contributed by atoms with E-state index in [0.717, 1.165) is 12.8 Å². The van der Waals surface area contributed by atoms with Gasteiger partial charge in [0.25, 0.3) is 5.91 Å². The van der Waals surface area contributed by atoms with Crippen LogP contribution in [-0.4, -0.2) is 50.5 Å². The molecule has 0 heterocycles. The molecule has 0 atom stereocenters. The molecule has 0 aliphatic heterocycles. The molecule has 6 nitrogen and oxygen atoms in total. The zero-order chi connectivity index (χ0) is 15.5. The Hall–Kier alpha value is -1.92. The predicted octanol–water partition coefficient (Wildman–Crippen LogP) is 1.56. The molecule has 0 saturated heterocycles. The minimum absolute atomic E-state index is 0.106. The summed E-state index contributed by atoms with van der Waals surface area (Å²) in [6, 6.07) is 5.97. The second kappa shape index (κ2) is 9.90. The maximum atomic E-state index is 11.8. The van der Waals surface area contributed by atoms with E-state index in [2.05, 4.69) is 5.32 Å². The summed E-state index contributed by atoms with van der Waals surface area (Å²) >= 11 is 0. The molecule has 21 heavy (non-hydrogen) atoms. The van der Waals surface area contributed by atoms with E-state index in [1.807, 2.05) is 0 Å². The monoisotopic (exact) mass is 295 g/mol. The lowest BCUT2D eigenvalue weighted by Gasteiger charge is -2.06. The first-order valence-corrected chi connectivity index (χ1v) is 6.83. The summed E-state index contributed by atoms with van der Waals surface area (Å²) < 4.78 is 10.2. The van der Waals surface area contributed by atoms with E-state index in [9.17, 15) is 9.59 Å². The van der Waals surface area contributed by atoms with Crippen LogP contribution in [0.5, 0.6) is 0 Å². The molecular formula is C15H21NO5. The van der Waals surface area contributed by atoms with E-state index in [1.54, 1.807) is 19.2 Å². The van der Waals surface area contributed by atoms with Crippen molar-refractivity contribution in [3.63, 3.8) is 0 Å². The number of carboxylic acids is 1. The number of rotatable bonds is 10. The van der Waals surface area contributed by atoms with Crippen molar-refractivity contribution < 1.29 is 24.2 Å². The summed E-state index contributed by atoms with van der Waals surface area (Å²) in [5, 5.41) is 11.6. The summed E-state index contributed by atoms with van der Waals surface area (Å²) in [4.78, 5) is 22.7. The van der Waals surface area contributed by atoms with Gasteiger partial charge in [-0.3, -0.25) is 4.79 Å². The molecule has 0 unspecified atom stereocenters. The highest BCUT2D eigenvalue weighted by Gasteiger charge is 2.08. The zero-order valence-electron chi connectivity index (χ0n) is 12.1. The number of nitrogens with one attached hydrogen (secondary N) is 1. The van der Waals surface area contributed by atoms with Gasteiger partial charge in [0.1, 0.15) is 0 Å². The van der Waals surface area contributed by atoms with E-state index in [0.29, 0.717) is 31.9 Å². The van der Waals surface area contributed by atoms with Gasteiger partial charge in [-0.25, -0.2) is 4.79 Å². The molecule has 116 valence electrons. The molecule has 0 bridgehead atoms. The van der Waals surface area contributed by atoms with Gasteiger partial charge in [0.05, 0.1) is 18.8 Å². The number of carboxylic acid groups (broad SMARTS) is 1. The van der Waals surface area contributed by atoms with E-state index in [4.69, 9.17) is 14.6 Å². The lowest BCUT2D eigenvalue weighted by Crippen LogP contribution is -2.24. The van der Waals surface area contributed by atoms with Gasteiger partial charge in [0, 0.05) is 25.8 Å². The normalized spacial score (nSPS) is 10.3. The molecule has 0 saturated carbocycles. The fraction of sp³-hybridized carbons (Fsp3) is 0.467. The van der Waals surface area contributed by atoms with Gasteiger partial charge < -0.3 is 19.9 Å². The van der Waals surface area contributed by atoms with Crippen LogP contribution in [0.4, 0.5) is 0 Å². The second-order valence-corrected chi connectivity index (χ2v) is 4.45. The highest BCUT2D eigenvalue weighted by Crippen LogP contribution is 2.05. The molecule has 0 aliphatic carbocycles. The predicted molar refractivity (Wildman–Crippen MR) is 77.7 cm³/mol. The molecule has 1 amide bonds. The van der Waals surface area contributed by atoms with Crippen molar-refractivity contribution in [2.75, 3.05) is 33.5 Å². The van der Waals surface area contributed by atoms with Gasteiger partial charge >= 0.3 is 5.97 Å². The molecule has 0 aromatic heterocycles. The van der Waals surface area contributed by atoms with Gasteiger partial charge in [-0.2, -0.15) is 0 Å². The Morgan fingerprint density at radius 1 is 1.14 bits per heavy atom. The number of aromatic carboxylic acids is 1. The Labute approximate surface area is 124 Å². The minimum Gasteiger partial charge on any atom is -0.478 e. The number of carbonyl (C=O) groups is 2. The second-order valence-electron chi connectivity index (χ2n) is 4.45. The number of benzene rings is 1. The van der Waals surface area contributed by atoms with Crippen LogP contribution in [0.1, 0.15) is 33.6 Å². The Morgan fingerprint density at radius 2 is 1.90 bits per heavy atom. The number of unbranched alkanes of at least 4 members (excludes halogenated alkanes) is 1. The van der Waals surface area contributed by atoms with Crippen LogP contribution in [0.25, 0.3) is 0 Å². The molecule has 1 aromatic carbocycles. The SMILES string of the molecule is COCCOCCCCNC(=O)c1cccc(C(=O)O)c1. The van der Waals surface area contributed by atoms with E-state index >= 15 is 0 Å². The largest absolute Gasteiger partial charge is 0.478 e. The smallest absolute Gasteiger partial charge is 0.335 e. The Morgan fingerprint density at radius 3 is 2.62 bits per heavy atom. The van der Waals surface area contributed by atoms with Crippen LogP contribution < -0.4 is 5.32 Å². The quantitative estimate of drug-likeness (QED) is 0.640.